The third kappa shape index (κ3) is 2.78. The lowest BCUT2D eigenvalue weighted by atomic mass is 10.2. The van der Waals surface area contributed by atoms with Crippen LogP contribution in [0.2, 0.25) is 0 Å². The highest BCUT2D eigenvalue weighted by Gasteiger charge is 2.13. The number of nitrogens with zero attached hydrogens (tertiary/aromatic N) is 2. The van der Waals surface area contributed by atoms with Crippen LogP contribution < -0.4 is 5.32 Å². The Morgan fingerprint density at radius 3 is 2.76 bits per heavy atom. The van der Waals surface area contributed by atoms with Crippen molar-refractivity contribution in [2.75, 3.05) is 5.32 Å². The van der Waals surface area contributed by atoms with Crippen molar-refractivity contribution in [1.82, 2.24) is 9.97 Å². The number of hydrogen-bond donors (Lipinski definition) is 1. The fourth-order valence-corrected chi connectivity index (χ4v) is 3.40. The van der Waals surface area contributed by atoms with Gasteiger partial charge in [0, 0.05) is 17.0 Å². The molecule has 3 aromatic rings. The Hall–Kier alpha value is -1.88. The maximum atomic E-state index is 5.63. The molecule has 0 fully saturated rings. The van der Waals surface area contributed by atoms with E-state index in [2.05, 4.69) is 29.1 Å². The van der Waals surface area contributed by atoms with E-state index in [9.17, 15) is 0 Å². The number of rotatable bonds is 4. The van der Waals surface area contributed by atoms with Gasteiger partial charge >= 0.3 is 0 Å². The van der Waals surface area contributed by atoms with E-state index >= 15 is 0 Å². The van der Waals surface area contributed by atoms with Crippen LogP contribution in [-0.2, 0) is 6.42 Å². The van der Waals surface area contributed by atoms with Crippen molar-refractivity contribution < 1.29 is 4.42 Å². The summed E-state index contributed by atoms with van der Waals surface area (Å²) in [7, 11) is 0. The topological polar surface area (TPSA) is 51.0 Å². The average Bonchev–Trinajstić information content (AvgIpc) is 3.00. The lowest BCUT2D eigenvalue weighted by Gasteiger charge is -2.14. The van der Waals surface area contributed by atoms with Crippen molar-refractivity contribution >= 4 is 28.1 Å². The molecule has 1 unspecified atom stereocenters. The lowest BCUT2D eigenvalue weighted by molar-refractivity contribution is 0.538. The van der Waals surface area contributed by atoms with Gasteiger partial charge < -0.3 is 9.73 Å². The van der Waals surface area contributed by atoms with Gasteiger partial charge in [-0.25, -0.2) is 9.97 Å². The van der Waals surface area contributed by atoms with Crippen molar-refractivity contribution in [2.24, 2.45) is 0 Å². The van der Waals surface area contributed by atoms with Gasteiger partial charge in [0.2, 0.25) is 0 Å². The van der Waals surface area contributed by atoms with Crippen molar-refractivity contribution in [1.29, 1.82) is 0 Å². The van der Waals surface area contributed by atoms with Crippen LogP contribution in [0.4, 0.5) is 5.69 Å². The van der Waals surface area contributed by atoms with E-state index in [4.69, 9.17) is 4.42 Å². The van der Waals surface area contributed by atoms with Crippen molar-refractivity contribution in [3.8, 4) is 0 Å². The second kappa shape index (κ2) is 5.48. The summed E-state index contributed by atoms with van der Waals surface area (Å²) in [6.07, 6.45) is 0.811. The quantitative estimate of drug-likeness (QED) is 0.763. The van der Waals surface area contributed by atoms with E-state index in [0.29, 0.717) is 0 Å². The summed E-state index contributed by atoms with van der Waals surface area (Å²) < 4.78 is 5.63. The maximum absolute atomic E-state index is 5.63. The van der Waals surface area contributed by atoms with Crippen LogP contribution in [0.15, 0.2) is 22.6 Å². The number of benzene rings is 1. The number of nitrogens with one attached hydrogen (secondary N) is 1. The van der Waals surface area contributed by atoms with Crippen LogP contribution >= 0.6 is 11.3 Å². The third-order valence-electron chi connectivity index (χ3n) is 3.47. The van der Waals surface area contributed by atoms with Crippen LogP contribution in [0, 0.1) is 13.8 Å². The molecular formula is C16H19N3OS. The van der Waals surface area contributed by atoms with Crippen molar-refractivity contribution in [3.05, 3.63) is 39.7 Å². The van der Waals surface area contributed by atoms with Gasteiger partial charge in [-0.1, -0.05) is 6.92 Å². The third-order valence-corrected chi connectivity index (χ3v) is 4.37. The van der Waals surface area contributed by atoms with Crippen LogP contribution in [0.25, 0.3) is 11.1 Å². The first-order chi connectivity index (χ1) is 10.1. The van der Waals surface area contributed by atoms with Crippen molar-refractivity contribution in [3.63, 3.8) is 0 Å². The van der Waals surface area contributed by atoms with Crippen LogP contribution in [0.5, 0.6) is 0 Å². The first kappa shape index (κ1) is 14.1. The number of oxazole rings is 1. The highest BCUT2D eigenvalue weighted by Crippen LogP contribution is 2.27. The molecule has 4 nitrogen and oxygen atoms in total. The smallest absolute Gasteiger partial charge is 0.195 e. The Morgan fingerprint density at radius 2 is 2.10 bits per heavy atom. The molecule has 0 radical (unpaired) electrons. The minimum absolute atomic E-state index is 0.171. The monoisotopic (exact) mass is 301 g/mol. The summed E-state index contributed by atoms with van der Waals surface area (Å²) in [5.41, 5.74) is 3.89. The molecular weight excluding hydrogens is 282 g/mol. The van der Waals surface area contributed by atoms with Gasteiger partial charge in [-0.15, -0.1) is 11.3 Å². The van der Waals surface area contributed by atoms with Gasteiger partial charge in [0.1, 0.15) is 5.52 Å². The minimum Gasteiger partial charge on any atom is -0.441 e. The SMILES string of the molecule is CCc1nc2cc(NC(C)c3nc(C)sc3C)ccc2o1. The molecule has 0 aliphatic rings. The zero-order chi connectivity index (χ0) is 15.0. The molecule has 5 heteroatoms. The highest BCUT2D eigenvalue weighted by atomic mass is 32.1. The zero-order valence-corrected chi connectivity index (χ0v) is 13.5. The molecule has 0 amide bonds. The zero-order valence-electron chi connectivity index (χ0n) is 12.7. The fraction of sp³-hybridized carbons (Fsp3) is 0.375. The van der Waals surface area contributed by atoms with Crippen LogP contribution in [0.1, 0.15) is 41.4 Å². The minimum atomic E-state index is 0.171. The van der Waals surface area contributed by atoms with E-state index in [0.717, 1.165) is 39.8 Å². The Kier molecular flexibility index (Phi) is 3.68. The summed E-state index contributed by atoms with van der Waals surface area (Å²) in [6, 6.07) is 6.20. The predicted octanol–water partition coefficient (Wildman–Crippen LogP) is 4.64. The molecule has 0 bridgehead atoms. The van der Waals surface area contributed by atoms with E-state index in [1.807, 2.05) is 32.0 Å². The first-order valence-corrected chi connectivity index (χ1v) is 7.98. The maximum Gasteiger partial charge on any atom is 0.195 e. The van der Waals surface area contributed by atoms with Crippen molar-refractivity contribution in [2.45, 2.75) is 40.2 Å². The van der Waals surface area contributed by atoms with Gasteiger partial charge in [0.25, 0.3) is 0 Å². The van der Waals surface area contributed by atoms with Crippen LogP contribution in [-0.4, -0.2) is 9.97 Å². The number of thiazole rings is 1. The van der Waals surface area contributed by atoms with Crippen LogP contribution in [0.3, 0.4) is 0 Å². The molecule has 3 rings (SSSR count). The standard InChI is InChI=1S/C16H19N3OS/c1-5-15-19-13-8-12(6-7-14(13)20-15)17-9(2)16-10(3)21-11(4)18-16/h6-9,17H,5H2,1-4H3. The van der Waals surface area contributed by atoms with E-state index in [-0.39, 0.29) is 6.04 Å². The Bertz CT molecular complexity index is 775. The lowest BCUT2D eigenvalue weighted by Crippen LogP contribution is -2.08. The molecule has 2 heterocycles. The number of hydrogen-bond acceptors (Lipinski definition) is 5. The van der Waals surface area contributed by atoms with Gasteiger partial charge in [0.15, 0.2) is 11.5 Å². The summed E-state index contributed by atoms with van der Waals surface area (Å²) in [6.45, 7) is 8.33. The number of aromatic nitrogens is 2. The van der Waals surface area contributed by atoms with E-state index < -0.39 is 0 Å². The van der Waals surface area contributed by atoms with Gasteiger partial charge in [0.05, 0.1) is 16.7 Å². The first-order valence-electron chi connectivity index (χ1n) is 7.16. The van der Waals surface area contributed by atoms with Gasteiger partial charge in [-0.2, -0.15) is 0 Å². The molecule has 110 valence electrons. The molecule has 0 spiro atoms. The predicted molar refractivity (Wildman–Crippen MR) is 87.0 cm³/mol. The molecule has 0 saturated heterocycles. The molecule has 21 heavy (non-hydrogen) atoms. The molecule has 0 aliphatic heterocycles. The molecule has 1 N–H and O–H groups in total. The number of anilines is 1. The average molecular weight is 301 g/mol. The summed E-state index contributed by atoms with van der Waals surface area (Å²) in [5, 5.41) is 4.60. The molecule has 0 aliphatic carbocycles. The summed E-state index contributed by atoms with van der Waals surface area (Å²) >= 11 is 1.74. The second-order valence-electron chi connectivity index (χ2n) is 5.18. The highest BCUT2D eigenvalue weighted by molar-refractivity contribution is 7.11. The second-order valence-corrected chi connectivity index (χ2v) is 6.59. The molecule has 2 aromatic heterocycles. The Morgan fingerprint density at radius 1 is 1.29 bits per heavy atom. The fourth-order valence-electron chi connectivity index (χ4n) is 2.48. The Balaban J connectivity index is 1.85. The van der Waals surface area contributed by atoms with Gasteiger partial charge in [-0.05, 0) is 39.0 Å². The normalized spacial score (nSPS) is 12.8. The number of fused-ring (bicyclic) bond motifs is 1. The van der Waals surface area contributed by atoms with E-state index in [1.165, 1.54) is 4.88 Å². The summed E-state index contributed by atoms with van der Waals surface area (Å²) in [4.78, 5) is 10.3. The Labute approximate surface area is 128 Å². The van der Waals surface area contributed by atoms with Gasteiger partial charge in [-0.3, -0.25) is 0 Å². The molecule has 0 saturated carbocycles. The number of aryl methyl sites for hydroxylation is 3. The largest absolute Gasteiger partial charge is 0.441 e. The molecule has 1 atom stereocenters. The summed E-state index contributed by atoms with van der Waals surface area (Å²) in [5.74, 6) is 0.779. The molecule has 1 aromatic carbocycles. The van der Waals surface area contributed by atoms with E-state index in [1.54, 1.807) is 11.3 Å².